The Balaban J connectivity index is 2.51. The van der Waals surface area contributed by atoms with E-state index < -0.39 is 16.2 Å². The number of rotatable bonds is 5. The molecule has 0 spiro atoms. The molecule has 0 aliphatic heterocycles. The number of carbonyl (C=O) groups excluding carboxylic acids is 1. The van der Waals surface area contributed by atoms with Crippen molar-refractivity contribution in [1.82, 2.24) is 5.32 Å². The van der Waals surface area contributed by atoms with Crippen LogP contribution in [0.3, 0.4) is 0 Å². The highest BCUT2D eigenvalue weighted by molar-refractivity contribution is 7.84. The first kappa shape index (κ1) is 15.2. The van der Waals surface area contributed by atoms with Crippen molar-refractivity contribution in [2.75, 3.05) is 18.1 Å². The van der Waals surface area contributed by atoms with Crippen LogP contribution in [0.25, 0.3) is 0 Å². The molecule has 1 aliphatic rings. The summed E-state index contributed by atoms with van der Waals surface area (Å²) in [5.74, 6) is 0.920. The maximum Gasteiger partial charge on any atom is 0.240 e. The lowest BCUT2D eigenvalue weighted by Gasteiger charge is -2.23. The molecule has 1 rings (SSSR count). The van der Waals surface area contributed by atoms with Gasteiger partial charge in [-0.2, -0.15) is 5.26 Å². The van der Waals surface area contributed by atoms with Gasteiger partial charge in [-0.25, -0.2) is 0 Å². The number of nitriles is 1. The van der Waals surface area contributed by atoms with Gasteiger partial charge < -0.3 is 5.32 Å². The summed E-state index contributed by atoms with van der Waals surface area (Å²) in [7, 11) is -0.865. The highest BCUT2D eigenvalue weighted by Gasteiger charge is 2.38. The molecule has 1 amide bonds. The normalized spacial score (nSPS) is 20.4. The van der Waals surface area contributed by atoms with Gasteiger partial charge in [-0.15, -0.1) is 0 Å². The maximum atomic E-state index is 12.1. The molecule has 102 valence electrons. The Bertz CT molecular complexity index is 341. The SMILES string of the molecule is CCS(=O)CCNC(=O)C1(C#N)CCCCCC1. The molecule has 1 fully saturated rings. The first-order valence-electron chi connectivity index (χ1n) is 6.69. The summed E-state index contributed by atoms with van der Waals surface area (Å²) in [5, 5.41) is 12.1. The fourth-order valence-corrected chi connectivity index (χ4v) is 2.93. The van der Waals surface area contributed by atoms with Crippen LogP contribution < -0.4 is 5.32 Å². The molecule has 1 unspecified atom stereocenters. The van der Waals surface area contributed by atoms with Crippen molar-refractivity contribution >= 4 is 16.7 Å². The number of nitrogens with zero attached hydrogens (tertiary/aromatic N) is 1. The van der Waals surface area contributed by atoms with Crippen LogP contribution in [0, 0.1) is 16.7 Å². The van der Waals surface area contributed by atoms with Crippen molar-refractivity contribution in [1.29, 1.82) is 5.26 Å². The molecule has 0 radical (unpaired) electrons. The minimum absolute atomic E-state index is 0.167. The summed E-state index contributed by atoms with van der Waals surface area (Å²) < 4.78 is 11.3. The third kappa shape index (κ3) is 4.09. The van der Waals surface area contributed by atoms with Gasteiger partial charge in [-0.1, -0.05) is 32.6 Å². The molecule has 18 heavy (non-hydrogen) atoms. The Kier molecular flexibility index (Phi) is 6.34. The van der Waals surface area contributed by atoms with E-state index in [0.717, 1.165) is 25.7 Å². The smallest absolute Gasteiger partial charge is 0.240 e. The number of hydrogen-bond acceptors (Lipinski definition) is 3. The van der Waals surface area contributed by atoms with Crippen LogP contribution in [-0.4, -0.2) is 28.2 Å². The van der Waals surface area contributed by atoms with E-state index in [4.69, 9.17) is 0 Å². The van der Waals surface area contributed by atoms with Gasteiger partial charge in [-0.3, -0.25) is 9.00 Å². The molecule has 0 saturated heterocycles. The van der Waals surface area contributed by atoms with Crippen molar-refractivity contribution in [2.45, 2.75) is 45.4 Å². The minimum Gasteiger partial charge on any atom is -0.354 e. The van der Waals surface area contributed by atoms with E-state index >= 15 is 0 Å². The van der Waals surface area contributed by atoms with Crippen LogP contribution >= 0.6 is 0 Å². The van der Waals surface area contributed by atoms with Crippen molar-refractivity contribution < 1.29 is 9.00 Å². The van der Waals surface area contributed by atoms with Gasteiger partial charge in [0.2, 0.25) is 5.91 Å². The fraction of sp³-hybridized carbons (Fsp3) is 0.846. The van der Waals surface area contributed by atoms with Crippen LogP contribution in [0.4, 0.5) is 0 Å². The maximum absolute atomic E-state index is 12.1. The zero-order valence-corrected chi connectivity index (χ0v) is 11.9. The van der Waals surface area contributed by atoms with E-state index in [1.807, 2.05) is 6.92 Å². The molecular formula is C13H22N2O2S. The third-order valence-electron chi connectivity index (χ3n) is 3.54. The lowest BCUT2D eigenvalue weighted by Crippen LogP contribution is -2.41. The van der Waals surface area contributed by atoms with E-state index in [-0.39, 0.29) is 5.91 Å². The summed E-state index contributed by atoms with van der Waals surface area (Å²) in [4.78, 5) is 12.1. The van der Waals surface area contributed by atoms with E-state index in [9.17, 15) is 14.3 Å². The molecule has 5 heteroatoms. The molecule has 1 saturated carbocycles. The molecule has 1 aliphatic carbocycles. The Morgan fingerprint density at radius 1 is 1.33 bits per heavy atom. The van der Waals surface area contributed by atoms with Gasteiger partial charge in [0.25, 0.3) is 0 Å². The summed E-state index contributed by atoms with van der Waals surface area (Å²) in [6.07, 6.45) is 5.43. The van der Waals surface area contributed by atoms with Gasteiger partial charge in [0.15, 0.2) is 0 Å². The predicted molar refractivity (Wildman–Crippen MR) is 72.3 cm³/mol. The Labute approximate surface area is 112 Å². The average molecular weight is 270 g/mol. The zero-order chi connectivity index (χ0) is 13.4. The fourth-order valence-electron chi connectivity index (χ4n) is 2.31. The molecule has 0 aromatic rings. The Morgan fingerprint density at radius 3 is 2.44 bits per heavy atom. The quantitative estimate of drug-likeness (QED) is 0.774. The van der Waals surface area contributed by atoms with Crippen molar-refractivity contribution in [3.63, 3.8) is 0 Å². The lowest BCUT2D eigenvalue weighted by atomic mass is 9.81. The first-order chi connectivity index (χ1) is 8.64. The van der Waals surface area contributed by atoms with Gasteiger partial charge in [0, 0.05) is 28.9 Å². The third-order valence-corrected chi connectivity index (χ3v) is 4.85. The molecule has 1 atom stereocenters. The average Bonchev–Trinajstić information content (AvgIpc) is 2.64. The number of hydrogen-bond donors (Lipinski definition) is 1. The topological polar surface area (TPSA) is 70.0 Å². The summed E-state index contributed by atoms with van der Waals surface area (Å²) in [6.45, 7) is 2.27. The van der Waals surface area contributed by atoms with Gasteiger partial charge in [0.1, 0.15) is 5.41 Å². The molecular weight excluding hydrogens is 248 g/mol. The van der Waals surface area contributed by atoms with Crippen molar-refractivity contribution in [3.8, 4) is 6.07 Å². The first-order valence-corrected chi connectivity index (χ1v) is 8.18. The molecule has 4 nitrogen and oxygen atoms in total. The van der Waals surface area contributed by atoms with Crippen LogP contribution in [0.2, 0.25) is 0 Å². The second-order valence-electron chi connectivity index (χ2n) is 4.80. The summed E-state index contributed by atoms with van der Waals surface area (Å²) in [6, 6.07) is 2.22. The largest absolute Gasteiger partial charge is 0.354 e. The summed E-state index contributed by atoms with van der Waals surface area (Å²) >= 11 is 0. The van der Waals surface area contributed by atoms with Crippen LogP contribution in [0.5, 0.6) is 0 Å². The molecule has 0 aromatic heterocycles. The number of nitrogens with one attached hydrogen (secondary N) is 1. The van der Waals surface area contributed by atoms with Gasteiger partial charge in [0.05, 0.1) is 6.07 Å². The van der Waals surface area contributed by atoms with Gasteiger partial charge >= 0.3 is 0 Å². The van der Waals surface area contributed by atoms with E-state index in [2.05, 4.69) is 11.4 Å². The van der Waals surface area contributed by atoms with Crippen LogP contribution in [0.15, 0.2) is 0 Å². The highest BCUT2D eigenvalue weighted by Crippen LogP contribution is 2.34. The van der Waals surface area contributed by atoms with E-state index in [1.165, 1.54) is 0 Å². The van der Waals surface area contributed by atoms with Gasteiger partial charge in [-0.05, 0) is 12.8 Å². The minimum atomic E-state index is -0.865. The molecule has 0 aromatic carbocycles. The van der Waals surface area contributed by atoms with E-state index in [1.54, 1.807) is 0 Å². The summed E-state index contributed by atoms with van der Waals surface area (Å²) in [5.41, 5.74) is -0.843. The zero-order valence-electron chi connectivity index (χ0n) is 11.0. The molecule has 0 heterocycles. The van der Waals surface area contributed by atoms with Crippen molar-refractivity contribution in [3.05, 3.63) is 0 Å². The number of carbonyl (C=O) groups is 1. The van der Waals surface area contributed by atoms with Crippen molar-refractivity contribution in [2.24, 2.45) is 5.41 Å². The predicted octanol–water partition coefficient (Wildman–Crippen LogP) is 1.74. The lowest BCUT2D eigenvalue weighted by molar-refractivity contribution is -0.128. The monoisotopic (exact) mass is 270 g/mol. The molecule has 0 bridgehead atoms. The Hall–Kier alpha value is -0.890. The Morgan fingerprint density at radius 2 is 1.94 bits per heavy atom. The standard InChI is InChI=1S/C13H22N2O2S/c1-2-18(17)10-9-15-12(16)13(11-14)7-5-3-4-6-8-13/h2-10H2,1H3,(H,15,16). The van der Waals surface area contributed by atoms with Crippen LogP contribution in [-0.2, 0) is 15.6 Å². The molecule has 1 N–H and O–H groups in total. The van der Waals surface area contributed by atoms with E-state index in [0.29, 0.717) is 30.9 Å². The second kappa shape index (κ2) is 7.52. The van der Waals surface area contributed by atoms with Crippen LogP contribution in [0.1, 0.15) is 45.4 Å². The number of amides is 1. The highest BCUT2D eigenvalue weighted by atomic mass is 32.2. The second-order valence-corrected chi connectivity index (χ2v) is 6.66.